The molecule has 1 N–H and O–H groups in total. The number of nitrogens with one attached hydrogen (secondary N) is 1. The number of carbonyl (C=O) groups is 1. The average Bonchev–Trinajstić information content (AvgIpc) is 2.74. The summed E-state index contributed by atoms with van der Waals surface area (Å²) < 4.78 is 6.46. The Balaban J connectivity index is 2.02. The van der Waals surface area contributed by atoms with E-state index in [1.807, 2.05) is 27.7 Å². The van der Waals surface area contributed by atoms with Gasteiger partial charge in [-0.3, -0.25) is 4.79 Å². The molecular weight excluding hydrogens is 297 g/mol. The SMILES string of the molecule is BOC(=O)N1CC(c2nc3c(c(C)nn3C(C)(C)C)c(=O)[nH]2)C1. The van der Waals surface area contributed by atoms with E-state index in [0.29, 0.717) is 35.6 Å². The summed E-state index contributed by atoms with van der Waals surface area (Å²) in [5.74, 6) is 0.600. The van der Waals surface area contributed by atoms with Crippen LogP contribution >= 0.6 is 0 Å². The molecular formula is C14H20BN5O3. The molecule has 0 unspecified atom stereocenters. The van der Waals surface area contributed by atoms with E-state index in [1.165, 1.54) is 8.05 Å². The number of hydrogen-bond donors (Lipinski definition) is 1. The highest BCUT2D eigenvalue weighted by atomic mass is 16.5. The summed E-state index contributed by atoms with van der Waals surface area (Å²) in [5.41, 5.74) is 0.794. The highest BCUT2D eigenvalue weighted by Gasteiger charge is 2.34. The topological polar surface area (TPSA) is 93.1 Å². The smallest absolute Gasteiger partial charge is 0.391 e. The number of aromatic nitrogens is 4. The van der Waals surface area contributed by atoms with Gasteiger partial charge in [0, 0.05) is 13.1 Å². The number of amides is 1. The Hall–Kier alpha value is -2.32. The molecule has 0 bridgehead atoms. The number of nitrogens with zero attached hydrogens (tertiary/aromatic N) is 4. The Bertz CT molecular complexity index is 829. The molecule has 8 nitrogen and oxygen atoms in total. The molecule has 1 fully saturated rings. The van der Waals surface area contributed by atoms with E-state index in [1.54, 1.807) is 9.58 Å². The van der Waals surface area contributed by atoms with Crippen LogP contribution in [0.1, 0.15) is 38.2 Å². The molecule has 3 heterocycles. The molecule has 1 amide bonds. The summed E-state index contributed by atoms with van der Waals surface area (Å²) in [6, 6.07) is 0. The fourth-order valence-electron chi connectivity index (χ4n) is 2.80. The van der Waals surface area contributed by atoms with E-state index in [0.717, 1.165) is 0 Å². The zero-order chi connectivity index (χ0) is 16.9. The van der Waals surface area contributed by atoms with Crippen LogP contribution in [0, 0.1) is 6.92 Å². The normalized spacial score (nSPS) is 15.7. The summed E-state index contributed by atoms with van der Waals surface area (Å²) >= 11 is 0. The minimum atomic E-state index is -0.361. The lowest BCUT2D eigenvalue weighted by molar-refractivity contribution is 0.112. The van der Waals surface area contributed by atoms with Gasteiger partial charge in [0.15, 0.2) is 5.65 Å². The van der Waals surface area contributed by atoms with Crippen LogP contribution < -0.4 is 5.56 Å². The minimum Gasteiger partial charge on any atom is -0.528 e. The molecule has 0 radical (unpaired) electrons. The van der Waals surface area contributed by atoms with Gasteiger partial charge in [-0.05, 0) is 27.7 Å². The van der Waals surface area contributed by atoms with Gasteiger partial charge in [0.25, 0.3) is 5.56 Å². The average molecular weight is 317 g/mol. The van der Waals surface area contributed by atoms with Crippen molar-refractivity contribution in [3.63, 3.8) is 0 Å². The molecule has 122 valence electrons. The van der Waals surface area contributed by atoms with E-state index in [2.05, 4.69) is 19.7 Å². The lowest BCUT2D eigenvalue weighted by Crippen LogP contribution is -2.49. The van der Waals surface area contributed by atoms with Gasteiger partial charge in [0.2, 0.25) is 0 Å². The third-order valence-electron chi connectivity index (χ3n) is 4.07. The van der Waals surface area contributed by atoms with Crippen LogP contribution in [0.2, 0.25) is 0 Å². The van der Waals surface area contributed by atoms with Crippen molar-refractivity contribution in [3.05, 3.63) is 21.9 Å². The second kappa shape index (κ2) is 5.11. The zero-order valence-corrected chi connectivity index (χ0v) is 14.0. The van der Waals surface area contributed by atoms with Crippen LogP contribution in [0.3, 0.4) is 0 Å². The summed E-state index contributed by atoms with van der Waals surface area (Å²) in [5, 5.41) is 4.99. The molecule has 0 atom stereocenters. The van der Waals surface area contributed by atoms with E-state index >= 15 is 0 Å². The van der Waals surface area contributed by atoms with Crippen molar-refractivity contribution < 1.29 is 9.45 Å². The first-order valence-electron chi connectivity index (χ1n) is 7.55. The summed E-state index contributed by atoms with van der Waals surface area (Å²) in [6.45, 7) is 8.84. The number of rotatable bonds is 1. The standard InChI is InChI=1S/C14H20BN5O3/c1-7-9-11(20(18-7)14(2,3)4)16-10(17-12(9)21)8-5-19(6-8)13(22)23-15/h8H,5-6,15H2,1-4H3,(H,16,17,21). The van der Waals surface area contributed by atoms with Gasteiger partial charge in [-0.15, -0.1) is 0 Å². The molecule has 2 aromatic heterocycles. The van der Waals surface area contributed by atoms with Crippen molar-refractivity contribution in [2.24, 2.45) is 0 Å². The summed E-state index contributed by atoms with van der Waals surface area (Å²) in [6.07, 6.45) is -0.361. The maximum Gasteiger partial charge on any atom is 0.391 e. The fourth-order valence-corrected chi connectivity index (χ4v) is 2.80. The van der Waals surface area contributed by atoms with Crippen LogP contribution in [0.25, 0.3) is 11.0 Å². The van der Waals surface area contributed by atoms with Gasteiger partial charge in [0.1, 0.15) is 11.2 Å². The first-order valence-corrected chi connectivity index (χ1v) is 7.55. The number of aryl methyl sites for hydroxylation is 1. The van der Waals surface area contributed by atoms with E-state index in [-0.39, 0.29) is 23.1 Å². The Morgan fingerprint density at radius 2 is 2.04 bits per heavy atom. The zero-order valence-electron chi connectivity index (χ0n) is 14.0. The van der Waals surface area contributed by atoms with Crippen molar-refractivity contribution in [3.8, 4) is 0 Å². The van der Waals surface area contributed by atoms with Gasteiger partial charge in [0.05, 0.1) is 17.2 Å². The van der Waals surface area contributed by atoms with Crippen LogP contribution in [-0.2, 0) is 10.2 Å². The molecule has 0 aliphatic carbocycles. The number of H-pyrrole nitrogens is 1. The lowest BCUT2D eigenvalue weighted by atomic mass is 10.00. The molecule has 1 aliphatic heterocycles. The number of hydrogen-bond acceptors (Lipinski definition) is 5. The Morgan fingerprint density at radius 1 is 1.39 bits per heavy atom. The lowest BCUT2D eigenvalue weighted by Gasteiger charge is -2.37. The third-order valence-corrected chi connectivity index (χ3v) is 4.07. The van der Waals surface area contributed by atoms with Crippen molar-refractivity contribution >= 4 is 25.2 Å². The first-order chi connectivity index (χ1) is 10.7. The van der Waals surface area contributed by atoms with Gasteiger partial charge in [-0.25, -0.2) is 14.5 Å². The molecule has 23 heavy (non-hydrogen) atoms. The van der Waals surface area contributed by atoms with Crippen LogP contribution in [-0.4, -0.2) is 51.9 Å². The van der Waals surface area contributed by atoms with E-state index in [9.17, 15) is 9.59 Å². The molecule has 0 saturated carbocycles. The van der Waals surface area contributed by atoms with Crippen molar-refractivity contribution in [2.45, 2.75) is 39.2 Å². The molecule has 0 aromatic carbocycles. The van der Waals surface area contributed by atoms with Gasteiger partial charge in [-0.2, -0.15) is 5.10 Å². The maximum absolute atomic E-state index is 12.4. The summed E-state index contributed by atoms with van der Waals surface area (Å²) in [7, 11) is 1.35. The van der Waals surface area contributed by atoms with Crippen LogP contribution in [0.4, 0.5) is 4.79 Å². The Morgan fingerprint density at radius 3 is 2.61 bits per heavy atom. The van der Waals surface area contributed by atoms with Crippen molar-refractivity contribution in [2.75, 3.05) is 13.1 Å². The molecule has 3 rings (SSSR count). The Labute approximate surface area is 134 Å². The largest absolute Gasteiger partial charge is 0.528 e. The van der Waals surface area contributed by atoms with Gasteiger partial charge in [-0.1, -0.05) is 0 Å². The van der Waals surface area contributed by atoms with Crippen molar-refractivity contribution in [1.29, 1.82) is 0 Å². The third kappa shape index (κ3) is 2.49. The molecule has 1 saturated heterocycles. The Kier molecular flexibility index (Phi) is 3.46. The van der Waals surface area contributed by atoms with Gasteiger partial charge < -0.3 is 14.5 Å². The first kappa shape index (κ1) is 15.6. The van der Waals surface area contributed by atoms with Gasteiger partial charge >= 0.3 is 14.1 Å². The maximum atomic E-state index is 12.4. The van der Waals surface area contributed by atoms with E-state index < -0.39 is 0 Å². The van der Waals surface area contributed by atoms with Crippen LogP contribution in [0.15, 0.2) is 4.79 Å². The number of fused-ring (bicyclic) bond motifs is 1. The number of carbonyl (C=O) groups excluding carboxylic acids is 1. The fraction of sp³-hybridized carbons (Fsp3) is 0.571. The second-order valence-electron chi connectivity index (χ2n) is 6.89. The number of aromatic amines is 1. The predicted octanol–water partition coefficient (Wildman–Crippen LogP) is 0.267. The quantitative estimate of drug-likeness (QED) is 0.762. The van der Waals surface area contributed by atoms with Crippen LogP contribution in [0.5, 0.6) is 0 Å². The molecule has 2 aromatic rings. The highest BCUT2D eigenvalue weighted by Crippen LogP contribution is 2.27. The minimum absolute atomic E-state index is 0.00910. The van der Waals surface area contributed by atoms with E-state index in [4.69, 9.17) is 0 Å². The monoisotopic (exact) mass is 317 g/mol. The molecule has 0 spiro atoms. The summed E-state index contributed by atoms with van der Waals surface area (Å²) in [4.78, 5) is 32.9. The molecule has 9 heteroatoms. The molecule has 1 aliphatic rings. The highest BCUT2D eigenvalue weighted by molar-refractivity contribution is 6.05. The number of likely N-dealkylation sites (tertiary alicyclic amines) is 1. The van der Waals surface area contributed by atoms with Crippen molar-refractivity contribution in [1.82, 2.24) is 24.6 Å². The second-order valence-corrected chi connectivity index (χ2v) is 6.89. The predicted molar refractivity (Wildman–Crippen MR) is 87.2 cm³/mol.